The number of benzene rings is 3. The van der Waals surface area contributed by atoms with Crippen LogP contribution >= 0.6 is 15.9 Å². The minimum absolute atomic E-state index is 0.0959. The van der Waals surface area contributed by atoms with E-state index in [2.05, 4.69) is 26.2 Å². The predicted molar refractivity (Wildman–Crippen MR) is 117 cm³/mol. The van der Waals surface area contributed by atoms with Gasteiger partial charge in [-0.25, -0.2) is 13.4 Å². The largest absolute Gasteiger partial charge is 0.320 e. The van der Waals surface area contributed by atoms with Crippen LogP contribution in [0.25, 0.3) is 0 Å². The molecule has 0 unspecified atom stereocenters. The summed E-state index contributed by atoms with van der Waals surface area (Å²) in [6, 6.07) is 20.5. The number of nitrogens with zero attached hydrogens (tertiary/aromatic N) is 2. The van der Waals surface area contributed by atoms with E-state index in [9.17, 15) is 13.2 Å². The van der Waals surface area contributed by atoms with Crippen LogP contribution in [0.3, 0.4) is 0 Å². The molecule has 1 heterocycles. The van der Waals surface area contributed by atoms with Crippen LogP contribution in [0, 0.1) is 0 Å². The second-order valence-electron chi connectivity index (χ2n) is 6.41. The lowest BCUT2D eigenvalue weighted by molar-refractivity contribution is -0.110. The topological polar surface area (TPSA) is 78.8 Å². The molecule has 0 saturated carbocycles. The average Bonchev–Trinajstić information content (AvgIpc) is 3.03. The van der Waals surface area contributed by atoms with E-state index in [1.54, 1.807) is 48.5 Å². The van der Waals surface area contributed by atoms with Crippen molar-refractivity contribution in [1.82, 2.24) is 0 Å². The maximum Gasteiger partial charge on any atom is 0.275 e. The Hall–Kier alpha value is -2.97. The van der Waals surface area contributed by atoms with Crippen molar-refractivity contribution in [3.05, 3.63) is 82.8 Å². The molecule has 146 valence electrons. The standard InChI is InChI=1S/C21H16BrN3O3S/c1-25(16-7-3-2-4-8-16)29(27,28)17-9-5-6-15(13-17)23-20-18-12-14(22)10-11-19(18)24-21(20)26/h2-13H,1H3,(H,23,24,26). The summed E-state index contributed by atoms with van der Waals surface area (Å²) in [6.07, 6.45) is 0. The Morgan fingerprint density at radius 2 is 1.72 bits per heavy atom. The van der Waals surface area contributed by atoms with Gasteiger partial charge in [0, 0.05) is 17.1 Å². The number of carbonyl (C=O) groups excluding carboxylic acids is 1. The van der Waals surface area contributed by atoms with Crippen molar-refractivity contribution in [3.8, 4) is 0 Å². The van der Waals surface area contributed by atoms with E-state index >= 15 is 0 Å². The summed E-state index contributed by atoms with van der Waals surface area (Å²) in [5.41, 5.74) is 2.51. The molecule has 8 heteroatoms. The number of hydrogen-bond donors (Lipinski definition) is 1. The quantitative estimate of drug-likeness (QED) is 0.616. The van der Waals surface area contributed by atoms with Gasteiger partial charge in [0.05, 0.1) is 22.0 Å². The van der Waals surface area contributed by atoms with Crippen LogP contribution in [0.4, 0.5) is 17.1 Å². The number of halogens is 1. The van der Waals surface area contributed by atoms with E-state index in [4.69, 9.17) is 0 Å². The van der Waals surface area contributed by atoms with Crippen molar-refractivity contribution in [2.45, 2.75) is 4.90 Å². The highest BCUT2D eigenvalue weighted by atomic mass is 79.9. The third kappa shape index (κ3) is 3.68. The first-order valence-electron chi connectivity index (χ1n) is 8.70. The monoisotopic (exact) mass is 469 g/mol. The number of nitrogens with one attached hydrogen (secondary N) is 1. The zero-order chi connectivity index (χ0) is 20.6. The van der Waals surface area contributed by atoms with Gasteiger partial charge in [-0.05, 0) is 48.5 Å². The minimum Gasteiger partial charge on any atom is -0.320 e. The Labute approximate surface area is 177 Å². The third-order valence-corrected chi connectivity index (χ3v) is 6.81. The summed E-state index contributed by atoms with van der Waals surface area (Å²) in [7, 11) is -2.27. The third-order valence-electron chi connectivity index (χ3n) is 4.54. The fourth-order valence-corrected chi connectivity index (χ4v) is 4.61. The summed E-state index contributed by atoms with van der Waals surface area (Å²) >= 11 is 3.39. The van der Waals surface area contributed by atoms with Crippen molar-refractivity contribution < 1.29 is 13.2 Å². The number of amides is 1. The van der Waals surface area contributed by atoms with Gasteiger partial charge < -0.3 is 5.32 Å². The Morgan fingerprint density at radius 1 is 0.966 bits per heavy atom. The highest BCUT2D eigenvalue weighted by molar-refractivity contribution is 9.10. The maximum absolute atomic E-state index is 13.0. The molecule has 0 bridgehead atoms. The van der Waals surface area contributed by atoms with Crippen LogP contribution in [0.2, 0.25) is 0 Å². The second-order valence-corrected chi connectivity index (χ2v) is 9.29. The fourth-order valence-electron chi connectivity index (χ4n) is 3.01. The Balaban J connectivity index is 1.73. The van der Waals surface area contributed by atoms with E-state index in [-0.39, 0.29) is 16.5 Å². The SMILES string of the molecule is CN(c1ccccc1)S(=O)(=O)c1cccc(N=C2C(=O)Nc3ccc(Br)cc32)c1. The molecule has 1 N–H and O–H groups in total. The summed E-state index contributed by atoms with van der Waals surface area (Å²) in [5, 5.41) is 2.76. The first-order chi connectivity index (χ1) is 13.9. The Morgan fingerprint density at radius 3 is 2.48 bits per heavy atom. The Bertz CT molecular complexity index is 1240. The number of carbonyl (C=O) groups is 1. The second kappa shape index (κ2) is 7.46. The van der Waals surface area contributed by atoms with E-state index in [1.165, 1.54) is 23.5 Å². The summed E-state index contributed by atoms with van der Waals surface area (Å²) in [5.74, 6) is -0.326. The summed E-state index contributed by atoms with van der Waals surface area (Å²) in [6.45, 7) is 0. The lowest BCUT2D eigenvalue weighted by Crippen LogP contribution is -2.26. The van der Waals surface area contributed by atoms with Crippen molar-refractivity contribution in [1.29, 1.82) is 0 Å². The molecule has 1 aliphatic heterocycles. The van der Waals surface area contributed by atoms with Gasteiger partial charge in [-0.1, -0.05) is 40.2 Å². The number of para-hydroxylation sites is 1. The summed E-state index contributed by atoms with van der Waals surface area (Å²) < 4.78 is 28.1. The Kier molecular flexibility index (Phi) is 4.97. The zero-order valence-electron chi connectivity index (χ0n) is 15.3. The van der Waals surface area contributed by atoms with Crippen LogP contribution in [-0.4, -0.2) is 27.1 Å². The molecular formula is C21H16BrN3O3S. The van der Waals surface area contributed by atoms with Gasteiger partial charge >= 0.3 is 0 Å². The highest BCUT2D eigenvalue weighted by Gasteiger charge is 2.27. The van der Waals surface area contributed by atoms with E-state index in [0.717, 1.165) is 4.47 Å². The number of anilines is 2. The van der Waals surface area contributed by atoms with E-state index in [0.29, 0.717) is 22.6 Å². The molecule has 3 aromatic rings. The molecule has 1 aliphatic rings. The van der Waals surface area contributed by atoms with Crippen molar-refractivity contribution in [2.75, 3.05) is 16.7 Å². The first-order valence-corrected chi connectivity index (χ1v) is 10.9. The van der Waals surface area contributed by atoms with Gasteiger partial charge in [0.25, 0.3) is 15.9 Å². The van der Waals surface area contributed by atoms with Gasteiger partial charge in [-0.15, -0.1) is 0 Å². The lowest BCUT2D eigenvalue weighted by Gasteiger charge is -2.19. The van der Waals surface area contributed by atoms with Crippen LogP contribution in [0.15, 0.2) is 87.2 Å². The molecule has 0 fully saturated rings. The number of sulfonamides is 1. The van der Waals surface area contributed by atoms with E-state index in [1.807, 2.05) is 12.1 Å². The molecule has 0 radical (unpaired) electrons. The van der Waals surface area contributed by atoms with Crippen LogP contribution in [0.1, 0.15) is 5.56 Å². The maximum atomic E-state index is 13.0. The molecule has 6 nitrogen and oxygen atoms in total. The molecule has 3 aromatic carbocycles. The number of aliphatic imine (C=N–C) groups is 1. The van der Waals surface area contributed by atoms with Crippen LogP contribution in [0.5, 0.6) is 0 Å². The van der Waals surface area contributed by atoms with Gasteiger partial charge in [-0.2, -0.15) is 0 Å². The molecule has 29 heavy (non-hydrogen) atoms. The fraction of sp³-hybridized carbons (Fsp3) is 0.0476. The number of fused-ring (bicyclic) bond motifs is 1. The molecule has 0 saturated heterocycles. The lowest BCUT2D eigenvalue weighted by atomic mass is 10.1. The number of hydrogen-bond acceptors (Lipinski definition) is 4. The van der Waals surface area contributed by atoms with Crippen molar-refractivity contribution in [3.63, 3.8) is 0 Å². The van der Waals surface area contributed by atoms with Crippen LogP contribution < -0.4 is 9.62 Å². The average molecular weight is 470 g/mol. The predicted octanol–water partition coefficient (Wildman–Crippen LogP) is 4.35. The summed E-state index contributed by atoms with van der Waals surface area (Å²) in [4.78, 5) is 16.9. The molecule has 0 atom stereocenters. The highest BCUT2D eigenvalue weighted by Crippen LogP contribution is 2.30. The molecule has 4 rings (SSSR count). The van der Waals surface area contributed by atoms with Gasteiger partial charge in [0.2, 0.25) is 0 Å². The number of rotatable bonds is 4. The van der Waals surface area contributed by atoms with Gasteiger partial charge in [0.1, 0.15) is 5.71 Å². The van der Waals surface area contributed by atoms with Crippen LogP contribution in [-0.2, 0) is 14.8 Å². The van der Waals surface area contributed by atoms with Gasteiger partial charge in [0.15, 0.2) is 0 Å². The van der Waals surface area contributed by atoms with Gasteiger partial charge in [-0.3, -0.25) is 9.10 Å². The molecule has 0 aliphatic carbocycles. The normalized spacial score (nSPS) is 14.6. The van der Waals surface area contributed by atoms with Crippen molar-refractivity contribution in [2.24, 2.45) is 4.99 Å². The minimum atomic E-state index is -3.77. The van der Waals surface area contributed by atoms with E-state index < -0.39 is 10.0 Å². The molecular weight excluding hydrogens is 454 g/mol. The van der Waals surface area contributed by atoms with Crippen molar-refractivity contribution >= 4 is 54.6 Å². The smallest absolute Gasteiger partial charge is 0.275 e. The molecule has 0 aromatic heterocycles. The zero-order valence-corrected chi connectivity index (χ0v) is 17.7. The molecule has 1 amide bonds. The first kappa shape index (κ1) is 19.4. The molecule has 0 spiro atoms.